The van der Waals surface area contributed by atoms with Crippen LogP contribution >= 0.6 is 0 Å². The van der Waals surface area contributed by atoms with Crippen LogP contribution in [-0.2, 0) is 17.6 Å². The highest BCUT2D eigenvalue weighted by molar-refractivity contribution is 5.68. The van der Waals surface area contributed by atoms with Crippen molar-refractivity contribution >= 4 is 5.97 Å². The van der Waals surface area contributed by atoms with Gasteiger partial charge in [-0.1, -0.05) is 0 Å². The molecule has 0 saturated carbocycles. The number of carboxylic acids is 1. The number of alkyl halides is 3. The maximum absolute atomic E-state index is 13.8. The summed E-state index contributed by atoms with van der Waals surface area (Å²) in [5.74, 6) is -1.59. The lowest BCUT2D eigenvalue weighted by molar-refractivity contribution is -0.140. The Bertz CT molecular complexity index is 1110. The zero-order valence-corrected chi connectivity index (χ0v) is 16.4. The van der Waals surface area contributed by atoms with Gasteiger partial charge in [-0.3, -0.25) is 0 Å². The first-order valence-electron chi connectivity index (χ1n) is 8.95. The fourth-order valence-corrected chi connectivity index (χ4v) is 2.74. The Morgan fingerprint density at radius 2 is 1.77 bits per heavy atom. The summed E-state index contributed by atoms with van der Waals surface area (Å²) in [6.45, 7) is 2.82. The van der Waals surface area contributed by atoms with Crippen molar-refractivity contribution in [2.45, 2.75) is 26.6 Å². The van der Waals surface area contributed by atoms with E-state index >= 15 is 0 Å². The topological polar surface area (TPSA) is 81.8 Å². The van der Waals surface area contributed by atoms with Crippen LogP contribution < -0.4 is 9.47 Å². The zero-order chi connectivity index (χ0) is 22.8. The molecule has 3 rings (SSSR count). The molecule has 0 aliphatic heterocycles. The molecule has 0 bridgehead atoms. The van der Waals surface area contributed by atoms with E-state index in [0.29, 0.717) is 35.1 Å². The number of benzene rings is 2. The van der Waals surface area contributed by atoms with Gasteiger partial charge in [0.2, 0.25) is 5.89 Å². The molecule has 2 aromatic carbocycles. The van der Waals surface area contributed by atoms with Crippen molar-refractivity contribution in [3.63, 3.8) is 0 Å². The van der Waals surface area contributed by atoms with Crippen LogP contribution in [0.2, 0.25) is 0 Å². The first-order valence-corrected chi connectivity index (χ1v) is 8.95. The second-order valence-electron chi connectivity index (χ2n) is 6.67. The minimum atomic E-state index is -4.80. The van der Waals surface area contributed by atoms with Crippen LogP contribution in [0.5, 0.6) is 11.5 Å². The Labute approximate surface area is 174 Å². The van der Waals surface area contributed by atoms with E-state index in [1.807, 2.05) is 0 Å². The number of nitrogens with zero attached hydrogens (tertiary/aromatic N) is 1. The third-order valence-electron chi connectivity index (χ3n) is 4.17. The van der Waals surface area contributed by atoms with E-state index in [2.05, 4.69) is 4.98 Å². The van der Waals surface area contributed by atoms with Gasteiger partial charge in [-0.2, -0.15) is 13.2 Å². The molecule has 0 fully saturated rings. The highest BCUT2D eigenvalue weighted by Gasteiger charge is 2.34. The van der Waals surface area contributed by atoms with Crippen molar-refractivity contribution in [2.75, 3.05) is 6.61 Å². The lowest BCUT2D eigenvalue weighted by Gasteiger charge is -2.09. The third-order valence-corrected chi connectivity index (χ3v) is 4.17. The van der Waals surface area contributed by atoms with E-state index in [-0.39, 0.29) is 18.1 Å². The van der Waals surface area contributed by atoms with Crippen LogP contribution in [0.4, 0.5) is 17.6 Å². The molecular weight excluding hydrogens is 422 g/mol. The number of aromatic nitrogens is 1. The molecule has 0 saturated heterocycles. The molecule has 1 heterocycles. The maximum atomic E-state index is 13.8. The normalized spacial score (nSPS) is 11.4. The lowest BCUT2D eigenvalue weighted by atomic mass is 10.1. The lowest BCUT2D eigenvalue weighted by Crippen LogP contribution is -2.09. The fraction of sp³-hybridized carbons (Fsp3) is 0.238. The van der Waals surface area contributed by atoms with E-state index in [0.717, 1.165) is 11.6 Å². The summed E-state index contributed by atoms with van der Waals surface area (Å²) in [5.41, 5.74) is -0.123. The van der Waals surface area contributed by atoms with Gasteiger partial charge in [-0.05, 0) is 49.7 Å². The van der Waals surface area contributed by atoms with Gasteiger partial charge in [0.1, 0.15) is 23.9 Å². The number of oxazole rings is 1. The van der Waals surface area contributed by atoms with Crippen LogP contribution in [0.15, 0.2) is 40.8 Å². The van der Waals surface area contributed by atoms with E-state index in [1.54, 1.807) is 26.0 Å². The number of hydrogen-bond acceptors (Lipinski definition) is 5. The summed E-state index contributed by atoms with van der Waals surface area (Å²) in [6.07, 6.45) is -4.80. The predicted octanol–water partition coefficient (Wildman–Crippen LogP) is 5.16. The van der Waals surface area contributed by atoms with Gasteiger partial charge in [0.15, 0.2) is 12.4 Å². The summed E-state index contributed by atoms with van der Waals surface area (Å²) in [6, 6.07) is 7.28. The quantitative estimate of drug-likeness (QED) is 0.513. The zero-order valence-electron chi connectivity index (χ0n) is 16.4. The van der Waals surface area contributed by atoms with Gasteiger partial charge >= 0.3 is 12.1 Å². The van der Waals surface area contributed by atoms with Crippen LogP contribution in [0, 0.1) is 19.7 Å². The molecule has 1 N–H and O–H groups in total. The summed E-state index contributed by atoms with van der Waals surface area (Å²) in [7, 11) is 0. The number of ether oxygens (including phenoxy) is 2. The first kappa shape index (κ1) is 22.1. The van der Waals surface area contributed by atoms with Crippen molar-refractivity contribution < 1.29 is 41.4 Å². The van der Waals surface area contributed by atoms with Crippen molar-refractivity contribution in [2.24, 2.45) is 0 Å². The Morgan fingerprint density at radius 3 is 2.39 bits per heavy atom. The van der Waals surface area contributed by atoms with Gasteiger partial charge in [-0.15, -0.1) is 0 Å². The number of aliphatic carboxylic acids is 1. The second-order valence-corrected chi connectivity index (χ2v) is 6.67. The molecule has 10 heteroatoms. The van der Waals surface area contributed by atoms with Crippen LogP contribution in [0.1, 0.15) is 22.6 Å². The molecule has 0 unspecified atom stereocenters. The Hall–Kier alpha value is -3.56. The number of halogens is 4. The molecule has 0 radical (unpaired) electrons. The fourth-order valence-electron chi connectivity index (χ4n) is 2.74. The number of carboxylic acid groups (broad SMARTS) is 1. The molecule has 0 amide bonds. The van der Waals surface area contributed by atoms with E-state index in [9.17, 15) is 22.4 Å². The minimum Gasteiger partial charge on any atom is -0.485 e. The number of aryl methyl sites for hydroxylation is 2. The van der Waals surface area contributed by atoms with Gasteiger partial charge in [0, 0.05) is 11.6 Å². The smallest absolute Gasteiger partial charge is 0.419 e. The van der Waals surface area contributed by atoms with Gasteiger partial charge < -0.3 is 19.0 Å². The van der Waals surface area contributed by atoms with Crippen LogP contribution in [0.3, 0.4) is 0 Å². The van der Waals surface area contributed by atoms with Crippen molar-refractivity contribution in [3.8, 4) is 23.0 Å². The third kappa shape index (κ3) is 5.53. The highest BCUT2D eigenvalue weighted by Crippen LogP contribution is 2.34. The SMILES string of the molecule is Cc1cc(OCC(=O)O)cc(OCc2oc(-c3ccc(C(F)(F)F)c(F)c3)nc2C)c1. The van der Waals surface area contributed by atoms with Crippen molar-refractivity contribution in [1.82, 2.24) is 4.98 Å². The molecule has 1 aromatic heterocycles. The first-order chi connectivity index (χ1) is 14.5. The molecule has 31 heavy (non-hydrogen) atoms. The molecule has 6 nitrogen and oxygen atoms in total. The van der Waals surface area contributed by atoms with Gasteiger partial charge in [0.05, 0.1) is 11.3 Å². The monoisotopic (exact) mass is 439 g/mol. The molecule has 164 valence electrons. The predicted molar refractivity (Wildman–Crippen MR) is 100 cm³/mol. The number of hydrogen-bond donors (Lipinski definition) is 1. The molecule has 0 spiro atoms. The molecule has 3 aromatic rings. The van der Waals surface area contributed by atoms with E-state index in [4.69, 9.17) is 19.0 Å². The summed E-state index contributed by atoms with van der Waals surface area (Å²) in [5, 5.41) is 8.71. The average molecular weight is 439 g/mol. The molecule has 0 aliphatic rings. The second kappa shape index (κ2) is 8.66. The Kier molecular flexibility index (Phi) is 6.19. The maximum Gasteiger partial charge on any atom is 0.419 e. The number of carbonyl (C=O) groups is 1. The largest absolute Gasteiger partial charge is 0.485 e. The minimum absolute atomic E-state index is 0.0431. The summed E-state index contributed by atoms with van der Waals surface area (Å²) < 4.78 is 68.3. The van der Waals surface area contributed by atoms with Crippen LogP contribution in [-0.4, -0.2) is 22.7 Å². The van der Waals surface area contributed by atoms with E-state index in [1.165, 1.54) is 6.07 Å². The number of rotatable bonds is 7. The summed E-state index contributed by atoms with van der Waals surface area (Å²) in [4.78, 5) is 14.8. The average Bonchev–Trinajstić information content (AvgIpc) is 3.04. The van der Waals surface area contributed by atoms with Crippen molar-refractivity contribution in [3.05, 3.63) is 64.8 Å². The molecule has 0 atom stereocenters. The van der Waals surface area contributed by atoms with Crippen molar-refractivity contribution in [1.29, 1.82) is 0 Å². The molecule has 0 aliphatic carbocycles. The van der Waals surface area contributed by atoms with E-state index < -0.39 is 30.1 Å². The standard InChI is InChI=1S/C21H17F4NO5/c1-11-5-14(8-15(6-11)30-10-19(27)28)29-9-18-12(2)26-20(31-18)13-3-4-16(17(22)7-13)21(23,24)25/h3-8H,9-10H2,1-2H3,(H,27,28). The van der Waals surface area contributed by atoms with Gasteiger partial charge in [0.25, 0.3) is 0 Å². The van der Waals surface area contributed by atoms with Gasteiger partial charge in [-0.25, -0.2) is 14.2 Å². The van der Waals surface area contributed by atoms with Crippen LogP contribution in [0.25, 0.3) is 11.5 Å². The summed E-state index contributed by atoms with van der Waals surface area (Å²) >= 11 is 0. The Morgan fingerprint density at radius 1 is 1.10 bits per heavy atom. The molecular formula is C21H17F4NO5. The highest BCUT2D eigenvalue weighted by atomic mass is 19.4. The Balaban J connectivity index is 1.75.